The lowest BCUT2D eigenvalue weighted by atomic mass is 10.1. The smallest absolute Gasteiger partial charge is 0.333 e. The van der Waals surface area contributed by atoms with Crippen LogP contribution in [0, 0.1) is 5.82 Å². The van der Waals surface area contributed by atoms with Crippen molar-refractivity contribution in [1.29, 1.82) is 0 Å². The van der Waals surface area contributed by atoms with E-state index in [-0.39, 0.29) is 28.7 Å². The van der Waals surface area contributed by atoms with E-state index in [0.29, 0.717) is 11.1 Å². The molecule has 0 radical (unpaired) electrons. The van der Waals surface area contributed by atoms with Crippen LogP contribution in [0.5, 0.6) is 11.5 Å². The Labute approximate surface area is 177 Å². The molecule has 156 valence electrons. The Kier molecular flexibility index (Phi) is 6.07. The highest BCUT2D eigenvalue weighted by Gasteiger charge is 2.37. The second-order valence-electron chi connectivity index (χ2n) is 6.48. The van der Waals surface area contributed by atoms with Gasteiger partial charge in [0.2, 0.25) is 0 Å². The van der Waals surface area contributed by atoms with Crippen LogP contribution in [-0.2, 0) is 16.2 Å². The van der Waals surface area contributed by atoms with Crippen molar-refractivity contribution in [3.05, 3.63) is 63.9 Å². The Morgan fingerprint density at radius 3 is 2.30 bits per heavy atom. The number of methoxy groups -OCH3 is 1. The molecule has 1 aliphatic rings. The summed E-state index contributed by atoms with van der Waals surface area (Å²) in [6.07, 6.45) is 1.32. The highest BCUT2D eigenvalue weighted by Crippen LogP contribution is 2.38. The maximum atomic E-state index is 13.8. The molecule has 9 heteroatoms. The third-order valence-corrected chi connectivity index (χ3v) is 4.82. The monoisotopic (exact) mass is 432 g/mol. The second kappa shape index (κ2) is 8.54. The van der Waals surface area contributed by atoms with E-state index < -0.39 is 23.7 Å². The van der Waals surface area contributed by atoms with Gasteiger partial charge in [-0.15, -0.1) is 0 Å². The van der Waals surface area contributed by atoms with Gasteiger partial charge < -0.3 is 9.47 Å². The largest absolute Gasteiger partial charge is 0.493 e. The minimum absolute atomic E-state index is 0.0716. The number of carbonyl (C=O) groups is 3. The number of nitrogens with zero attached hydrogens (tertiary/aromatic N) is 2. The zero-order valence-electron chi connectivity index (χ0n) is 16.4. The van der Waals surface area contributed by atoms with Crippen molar-refractivity contribution >= 4 is 35.5 Å². The van der Waals surface area contributed by atoms with Gasteiger partial charge in [-0.25, -0.2) is 9.18 Å². The van der Waals surface area contributed by atoms with Crippen LogP contribution in [0.4, 0.5) is 9.18 Å². The number of urea groups is 1. The van der Waals surface area contributed by atoms with Crippen molar-refractivity contribution in [2.45, 2.75) is 6.61 Å². The van der Waals surface area contributed by atoms with Crippen molar-refractivity contribution in [2.75, 3.05) is 21.2 Å². The van der Waals surface area contributed by atoms with Crippen molar-refractivity contribution in [1.82, 2.24) is 9.80 Å². The van der Waals surface area contributed by atoms with Crippen molar-refractivity contribution in [2.24, 2.45) is 0 Å². The number of benzene rings is 2. The maximum Gasteiger partial charge on any atom is 0.333 e. The van der Waals surface area contributed by atoms with Crippen LogP contribution in [0.2, 0.25) is 5.02 Å². The minimum Gasteiger partial charge on any atom is -0.493 e. The van der Waals surface area contributed by atoms with Crippen molar-refractivity contribution < 1.29 is 28.2 Å². The molecule has 7 nitrogen and oxygen atoms in total. The molecule has 30 heavy (non-hydrogen) atoms. The first kappa shape index (κ1) is 21.3. The average molecular weight is 433 g/mol. The SMILES string of the molecule is COc1cc(C=C2C(=O)N(C)C(=O)N(C)C2=O)cc(Cl)c1OCc1ccccc1F. The molecule has 1 fully saturated rings. The molecule has 4 amide bonds. The lowest BCUT2D eigenvalue weighted by molar-refractivity contribution is -0.134. The summed E-state index contributed by atoms with van der Waals surface area (Å²) in [4.78, 5) is 38.3. The first-order chi connectivity index (χ1) is 14.2. The lowest BCUT2D eigenvalue weighted by Gasteiger charge is -2.28. The number of rotatable bonds is 5. The van der Waals surface area contributed by atoms with Crippen LogP contribution < -0.4 is 9.47 Å². The van der Waals surface area contributed by atoms with Gasteiger partial charge in [-0.05, 0) is 29.8 Å². The summed E-state index contributed by atoms with van der Waals surface area (Å²) < 4.78 is 24.8. The standard InChI is InChI=1S/C21H18ClFN2O5/c1-24-19(26)14(20(27)25(2)21(24)28)8-12-9-15(22)18(17(10-12)29-3)30-11-13-6-4-5-7-16(13)23/h4-10H,11H2,1-3H3. The quantitative estimate of drug-likeness (QED) is 0.534. The van der Waals surface area contributed by atoms with E-state index in [1.807, 2.05) is 0 Å². The Morgan fingerprint density at radius 2 is 1.70 bits per heavy atom. The Morgan fingerprint density at radius 1 is 1.07 bits per heavy atom. The molecular weight excluding hydrogens is 415 g/mol. The number of hydrogen-bond acceptors (Lipinski definition) is 5. The molecule has 0 bridgehead atoms. The summed E-state index contributed by atoms with van der Waals surface area (Å²) in [5.74, 6) is -1.43. The van der Waals surface area contributed by atoms with Gasteiger partial charge in [0.15, 0.2) is 11.5 Å². The van der Waals surface area contributed by atoms with Crippen LogP contribution in [0.3, 0.4) is 0 Å². The molecule has 0 aromatic heterocycles. The summed E-state index contributed by atoms with van der Waals surface area (Å²) in [5.41, 5.74) is 0.539. The molecule has 2 aromatic carbocycles. The molecule has 0 atom stereocenters. The molecule has 3 rings (SSSR count). The summed E-state index contributed by atoms with van der Waals surface area (Å²) in [7, 11) is 3.97. The van der Waals surface area contributed by atoms with Crippen LogP contribution in [0.25, 0.3) is 6.08 Å². The number of ether oxygens (including phenoxy) is 2. The fraction of sp³-hybridized carbons (Fsp3) is 0.190. The molecular formula is C21H18ClFN2O5. The van der Waals surface area contributed by atoms with Gasteiger partial charge in [-0.2, -0.15) is 0 Å². The molecule has 2 aromatic rings. The Bertz CT molecular complexity index is 1040. The van der Waals surface area contributed by atoms with E-state index in [9.17, 15) is 18.8 Å². The summed E-state index contributed by atoms with van der Waals surface area (Å²) in [5, 5.41) is 0.144. The van der Waals surface area contributed by atoms with Gasteiger partial charge in [0.1, 0.15) is 18.0 Å². The van der Waals surface area contributed by atoms with Gasteiger partial charge in [0, 0.05) is 19.7 Å². The summed E-state index contributed by atoms with van der Waals surface area (Å²) >= 11 is 6.32. The third kappa shape index (κ3) is 3.99. The molecule has 1 aliphatic heterocycles. The molecule has 1 heterocycles. The predicted molar refractivity (Wildman–Crippen MR) is 108 cm³/mol. The van der Waals surface area contributed by atoms with Crippen molar-refractivity contribution in [3.8, 4) is 11.5 Å². The zero-order chi connectivity index (χ0) is 22.0. The molecule has 0 aliphatic carbocycles. The minimum atomic E-state index is -0.724. The van der Waals surface area contributed by atoms with Gasteiger partial charge in [-0.3, -0.25) is 19.4 Å². The average Bonchev–Trinajstić information content (AvgIpc) is 2.74. The van der Waals surface area contributed by atoms with Gasteiger partial charge in [0.05, 0.1) is 12.1 Å². The van der Waals surface area contributed by atoms with E-state index >= 15 is 0 Å². The summed E-state index contributed by atoms with van der Waals surface area (Å²) in [6, 6.07) is 8.46. The molecule has 0 saturated carbocycles. The normalized spacial score (nSPS) is 14.3. The molecule has 0 spiro atoms. The molecule has 0 N–H and O–H groups in total. The molecule has 1 saturated heterocycles. The number of barbiturate groups is 1. The van der Waals surface area contributed by atoms with Crippen molar-refractivity contribution in [3.63, 3.8) is 0 Å². The number of halogens is 2. The topological polar surface area (TPSA) is 76.2 Å². The number of amides is 4. The number of likely N-dealkylation sites (N-methyl/N-ethyl adjacent to an activating group) is 2. The van der Waals surface area contributed by atoms with E-state index in [1.165, 1.54) is 45.5 Å². The van der Waals surface area contributed by atoms with E-state index in [2.05, 4.69) is 0 Å². The Balaban J connectivity index is 1.93. The van der Waals surface area contributed by atoms with E-state index in [4.69, 9.17) is 21.1 Å². The van der Waals surface area contributed by atoms with Crippen LogP contribution in [0.15, 0.2) is 42.0 Å². The lowest BCUT2D eigenvalue weighted by Crippen LogP contribution is -2.52. The number of imide groups is 2. The maximum absolute atomic E-state index is 13.8. The zero-order valence-corrected chi connectivity index (χ0v) is 17.2. The van der Waals surface area contributed by atoms with Gasteiger partial charge >= 0.3 is 6.03 Å². The third-order valence-electron chi connectivity index (χ3n) is 4.54. The summed E-state index contributed by atoms with van der Waals surface area (Å²) in [6.45, 7) is -0.0716. The van der Waals surface area contributed by atoms with Crippen LogP contribution in [0.1, 0.15) is 11.1 Å². The highest BCUT2D eigenvalue weighted by atomic mass is 35.5. The van der Waals surface area contributed by atoms with E-state index in [1.54, 1.807) is 18.2 Å². The first-order valence-electron chi connectivity index (χ1n) is 8.80. The predicted octanol–water partition coefficient (Wildman–Crippen LogP) is 3.50. The first-order valence-corrected chi connectivity index (χ1v) is 9.18. The fourth-order valence-electron chi connectivity index (χ4n) is 2.87. The highest BCUT2D eigenvalue weighted by molar-refractivity contribution is 6.33. The fourth-order valence-corrected chi connectivity index (χ4v) is 3.14. The number of hydrogen-bond donors (Lipinski definition) is 0. The van der Waals surface area contributed by atoms with Crippen LogP contribution >= 0.6 is 11.6 Å². The Hall–Kier alpha value is -3.39. The van der Waals surface area contributed by atoms with Gasteiger partial charge in [-0.1, -0.05) is 29.8 Å². The van der Waals surface area contributed by atoms with Gasteiger partial charge in [0.25, 0.3) is 11.8 Å². The second-order valence-corrected chi connectivity index (χ2v) is 6.89. The molecule has 0 unspecified atom stereocenters. The van der Waals surface area contributed by atoms with Crippen LogP contribution in [-0.4, -0.2) is 48.9 Å². The van der Waals surface area contributed by atoms with E-state index in [0.717, 1.165) is 9.80 Å². The number of carbonyl (C=O) groups excluding carboxylic acids is 3.